The molecule has 0 unspecified atom stereocenters. The number of para-hydroxylation sites is 1. The first-order valence-electron chi connectivity index (χ1n) is 11.2. The summed E-state index contributed by atoms with van der Waals surface area (Å²) in [6.45, 7) is 1.54. The van der Waals surface area contributed by atoms with E-state index in [0.717, 1.165) is 24.8 Å². The maximum atomic E-state index is 14.1. The zero-order chi connectivity index (χ0) is 23.2. The molecule has 33 heavy (non-hydrogen) atoms. The van der Waals surface area contributed by atoms with E-state index in [1.54, 1.807) is 34.4 Å². The van der Waals surface area contributed by atoms with Gasteiger partial charge in [0.25, 0.3) is 0 Å². The van der Waals surface area contributed by atoms with Crippen molar-refractivity contribution in [2.45, 2.75) is 31.4 Å². The number of rotatable bonds is 9. The highest BCUT2D eigenvalue weighted by atomic mass is 32.1. The Hall–Kier alpha value is -2.49. The molecule has 2 aliphatic heterocycles. The first-order valence-corrected chi connectivity index (χ1v) is 12.1. The minimum Gasteiger partial charge on any atom is -0.488 e. The van der Waals surface area contributed by atoms with Crippen molar-refractivity contribution in [2.24, 2.45) is 0 Å². The normalized spacial score (nSPS) is 19.9. The van der Waals surface area contributed by atoms with E-state index in [1.165, 1.54) is 23.0 Å². The number of nitrogens with zero attached hydrogens (tertiary/aromatic N) is 2. The van der Waals surface area contributed by atoms with Crippen LogP contribution in [0.3, 0.4) is 0 Å². The Kier molecular flexibility index (Phi) is 7.95. The maximum Gasteiger partial charge on any atom is 0.249 e. The fourth-order valence-electron chi connectivity index (χ4n) is 4.36. The van der Waals surface area contributed by atoms with Crippen LogP contribution in [-0.4, -0.2) is 74.3 Å². The number of hydrogen-bond acceptors (Lipinski definition) is 6. The monoisotopic (exact) mass is 476 g/mol. The van der Waals surface area contributed by atoms with E-state index in [1.807, 2.05) is 11.4 Å². The average molecular weight is 477 g/mol. The van der Waals surface area contributed by atoms with Gasteiger partial charge < -0.3 is 24.0 Å². The number of hydrogen-bond donors (Lipinski definition) is 0. The van der Waals surface area contributed by atoms with Gasteiger partial charge in [0, 0.05) is 31.7 Å². The van der Waals surface area contributed by atoms with Crippen molar-refractivity contribution in [2.75, 3.05) is 46.6 Å². The second kappa shape index (κ2) is 11.1. The predicted octanol–water partition coefficient (Wildman–Crippen LogP) is 3.05. The number of halogens is 1. The van der Waals surface area contributed by atoms with Gasteiger partial charge >= 0.3 is 0 Å². The molecule has 1 fully saturated rings. The Balaban J connectivity index is 1.49. The molecule has 7 nitrogen and oxygen atoms in total. The molecule has 0 N–H and O–H groups in total. The van der Waals surface area contributed by atoms with Crippen molar-refractivity contribution >= 4 is 23.2 Å². The summed E-state index contributed by atoms with van der Waals surface area (Å²) in [5, 5.41) is 2.00. The number of ether oxygens (including phenoxy) is 3. The highest BCUT2D eigenvalue weighted by Crippen LogP contribution is 2.34. The van der Waals surface area contributed by atoms with Crippen molar-refractivity contribution < 1.29 is 28.2 Å². The molecule has 0 radical (unpaired) electrons. The molecular formula is C24H29FN2O5S. The summed E-state index contributed by atoms with van der Waals surface area (Å²) in [5.41, 5.74) is 1.02. The molecule has 178 valence electrons. The summed E-state index contributed by atoms with van der Waals surface area (Å²) in [4.78, 5) is 30.6. The van der Waals surface area contributed by atoms with Crippen LogP contribution in [0.2, 0.25) is 0 Å². The summed E-state index contributed by atoms with van der Waals surface area (Å²) in [5.74, 6) is -0.697. The van der Waals surface area contributed by atoms with E-state index in [2.05, 4.69) is 0 Å². The fraction of sp³-hybridized carbons (Fsp3) is 0.500. The number of methoxy groups -OCH3 is 1. The lowest BCUT2D eigenvalue weighted by Gasteiger charge is -2.37. The Morgan fingerprint density at radius 3 is 2.91 bits per heavy atom. The lowest BCUT2D eigenvalue weighted by Crippen LogP contribution is -2.49. The molecule has 2 aromatic rings. The largest absolute Gasteiger partial charge is 0.488 e. The molecule has 2 aliphatic rings. The first kappa shape index (κ1) is 23.7. The van der Waals surface area contributed by atoms with Crippen LogP contribution in [-0.2, 0) is 25.5 Å². The van der Waals surface area contributed by atoms with Crippen molar-refractivity contribution in [3.05, 3.63) is 52.0 Å². The van der Waals surface area contributed by atoms with Crippen molar-refractivity contribution in [3.8, 4) is 5.75 Å². The molecule has 4 rings (SSSR count). The highest BCUT2D eigenvalue weighted by molar-refractivity contribution is 7.10. The molecule has 9 heteroatoms. The van der Waals surface area contributed by atoms with Crippen LogP contribution >= 0.6 is 11.3 Å². The summed E-state index contributed by atoms with van der Waals surface area (Å²) >= 11 is 1.65. The zero-order valence-electron chi connectivity index (χ0n) is 18.7. The van der Waals surface area contributed by atoms with Crippen molar-refractivity contribution in [1.82, 2.24) is 9.80 Å². The third kappa shape index (κ3) is 5.72. The van der Waals surface area contributed by atoms with Crippen LogP contribution in [0.15, 0.2) is 35.7 Å². The van der Waals surface area contributed by atoms with E-state index in [-0.39, 0.29) is 49.5 Å². The summed E-state index contributed by atoms with van der Waals surface area (Å²) in [7, 11) is 1.46. The van der Waals surface area contributed by atoms with E-state index >= 15 is 0 Å². The lowest BCUT2D eigenvalue weighted by molar-refractivity contribution is -0.145. The number of benzene rings is 1. The topological polar surface area (TPSA) is 68.3 Å². The van der Waals surface area contributed by atoms with Gasteiger partial charge in [0.2, 0.25) is 11.8 Å². The van der Waals surface area contributed by atoms with E-state index in [4.69, 9.17) is 14.2 Å². The fourth-order valence-corrected chi connectivity index (χ4v) is 5.29. The maximum absolute atomic E-state index is 14.1. The van der Waals surface area contributed by atoms with Crippen LogP contribution in [0, 0.1) is 5.82 Å². The predicted molar refractivity (Wildman–Crippen MR) is 122 cm³/mol. The lowest BCUT2D eigenvalue weighted by atomic mass is 10.0. The molecule has 0 aliphatic carbocycles. The zero-order valence-corrected chi connectivity index (χ0v) is 19.5. The quantitative estimate of drug-likeness (QED) is 0.557. The van der Waals surface area contributed by atoms with Crippen molar-refractivity contribution in [1.29, 1.82) is 0 Å². The Morgan fingerprint density at radius 2 is 2.15 bits per heavy atom. The van der Waals surface area contributed by atoms with Crippen LogP contribution in [0.25, 0.3) is 0 Å². The number of thiophene rings is 1. The average Bonchev–Trinajstić information content (AvgIpc) is 3.50. The molecule has 1 aromatic carbocycles. The smallest absolute Gasteiger partial charge is 0.249 e. The molecule has 3 heterocycles. The standard InChI is InChI=1S/C24H29FN2O5S/c1-30-16-24(29)26(13-17-5-4-11-31-17)14-23(28)27-10-8-22-18(9-12-33-22)20(27)15-32-21-7-3-2-6-19(21)25/h2-3,6-7,9,12,17,20H,4-5,8,10-11,13-16H2,1H3/t17-,20-/m1/s1. The third-order valence-electron chi connectivity index (χ3n) is 6.04. The van der Waals surface area contributed by atoms with E-state index < -0.39 is 5.82 Å². The summed E-state index contributed by atoms with van der Waals surface area (Å²) in [6, 6.07) is 7.88. The van der Waals surface area contributed by atoms with Gasteiger partial charge in [-0.25, -0.2) is 4.39 Å². The molecule has 2 amide bonds. The van der Waals surface area contributed by atoms with Gasteiger partial charge in [-0.3, -0.25) is 9.59 Å². The molecular weight excluding hydrogens is 447 g/mol. The minimum absolute atomic E-state index is 0.0578. The molecule has 2 atom stereocenters. The Labute approximate surface area is 197 Å². The van der Waals surface area contributed by atoms with Crippen molar-refractivity contribution in [3.63, 3.8) is 0 Å². The number of fused-ring (bicyclic) bond motifs is 1. The van der Waals surface area contributed by atoms with Crippen LogP contribution in [0.4, 0.5) is 4.39 Å². The van der Waals surface area contributed by atoms with Crippen LogP contribution in [0.1, 0.15) is 29.3 Å². The van der Waals surface area contributed by atoms with Gasteiger partial charge in [-0.15, -0.1) is 11.3 Å². The van der Waals surface area contributed by atoms with Crippen LogP contribution < -0.4 is 4.74 Å². The van der Waals surface area contributed by atoms with Crippen LogP contribution in [0.5, 0.6) is 5.75 Å². The van der Waals surface area contributed by atoms with E-state index in [0.29, 0.717) is 19.7 Å². The molecule has 1 saturated heterocycles. The SMILES string of the molecule is COCC(=O)N(CC(=O)N1CCc2sccc2[C@H]1COc1ccccc1F)C[C@H]1CCCO1. The van der Waals surface area contributed by atoms with Gasteiger partial charge in [0.05, 0.1) is 18.7 Å². The molecule has 0 saturated carbocycles. The summed E-state index contributed by atoms with van der Waals surface area (Å²) in [6.07, 6.45) is 2.50. The summed E-state index contributed by atoms with van der Waals surface area (Å²) < 4.78 is 30.6. The van der Waals surface area contributed by atoms with Gasteiger partial charge in [0.15, 0.2) is 11.6 Å². The van der Waals surface area contributed by atoms with E-state index in [9.17, 15) is 14.0 Å². The first-order chi connectivity index (χ1) is 16.1. The number of carbonyl (C=O) groups excluding carboxylic acids is 2. The molecule has 0 spiro atoms. The van der Waals surface area contributed by atoms with Gasteiger partial charge in [-0.2, -0.15) is 0 Å². The highest BCUT2D eigenvalue weighted by Gasteiger charge is 2.34. The third-order valence-corrected chi connectivity index (χ3v) is 7.04. The minimum atomic E-state index is -0.440. The Bertz CT molecular complexity index is 962. The van der Waals surface area contributed by atoms with Gasteiger partial charge in [-0.1, -0.05) is 12.1 Å². The Morgan fingerprint density at radius 1 is 1.30 bits per heavy atom. The molecule has 0 bridgehead atoms. The second-order valence-corrected chi connectivity index (χ2v) is 9.24. The second-order valence-electron chi connectivity index (χ2n) is 8.24. The number of carbonyl (C=O) groups is 2. The molecule has 1 aromatic heterocycles. The van der Waals surface area contributed by atoms with Gasteiger partial charge in [-0.05, 0) is 48.4 Å². The number of amides is 2. The van der Waals surface area contributed by atoms with Gasteiger partial charge in [0.1, 0.15) is 13.2 Å².